The van der Waals surface area contributed by atoms with E-state index in [0.717, 1.165) is 0 Å². The van der Waals surface area contributed by atoms with E-state index < -0.39 is 10.3 Å². The lowest BCUT2D eigenvalue weighted by Gasteiger charge is -2.41. The first-order valence-corrected chi connectivity index (χ1v) is 5.22. The molecule has 6 nitrogen and oxygen atoms in total. The monoisotopic (exact) mass is 236 g/mol. The lowest BCUT2D eigenvalue weighted by molar-refractivity contribution is -0.390. The Bertz CT molecular complexity index is 484. The van der Waals surface area contributed by atoms with Crippen molar-refractivity contribution in [2.45, 2.75) is 26.4 Å². The van der Waals surface area contributed by atoms with Crippen LogP contribution < -0.4 is 4.74 Å². The zero-order valence-corrected chi connectivity index (χ0v) is 9.54. The second-order valence-corrected chi connectivity index (χ2v) is 4.54. The number of aromatic nitrogens is 1. The SMILES string of the molecule is CC1(C)C(=O)CC1Oc1cccnc1[N+](=O)[O-]. The van der Waals surface area contributed by atoms with E-state index >= 15 is 0 Å². The number of Topliss-reactive ketones (excluding diaryl/α,β-unsaturated/α-hetero) is 1. The number of hydrogen-bond donors (Lipinski definition) is 0. The molecule has 1 atom stereocenters. The second-order valence-electron chi connectivity index (χ2n) is 4.54. The highest BCUT2D eigenvalue weighted by Gasteiger charge is 2.49. The van der Waals surface area contributed by atoms with Crippen molar-refractivity contribution in [1.82, 2.24) is 4.98 Å². The van der Waals surface area contributed by atoms with Crippen LogP contribution in [-0.4, -0.2) is 21.8 Å². The van der Waals surface area contributed by atoms with Crippen molar-refractivity contribution in [1.29, 1.82) is 0 Å². The fourth-order valence-electron chi connectivity index (χ4n) is 1.69. The normalized spacial score (nSPS) is 21.8. The smallest absolute Gasteiger partial charge is 0.406 e. The Morgan fingerprint density at radius 2 is 2.29 bits per heavy atom. The first-order chi connectivity index (χ1) is 7.93. The number of pyridine rings is 1. The molecule has 1 saturated carbocycles. The zero-order chi connectivity index (χ0) is 12.6. The van der Waals surface area contributed by atoms with Crippen molar-refractivity contribution in [2.75, 3.05) is 0 Å². The van der Waals surface area contributed by atoms with Crippen LogP contribution in [0, 0.1) is 15.5 Å². The summed E-state index contributed by atoms with van der Waals surface area (Å²) in [6.45, 7) is 3.54. The molecule has 1 aliphatic rings. The van der Waals surface area contributed by atoms with Gasteiger partial charge in [0.2, 0.25) is 5.75 Å². The summed E-state index contributed by atoms with van der Waals surface area (Å²) in [5.74, 6) is -0.0974. The molecule has 1 unspecified atom stereocenters. The minimum Gasteiger partial charge on any atom is -0.481 e. The minimum atomic E-state index is -0.594. The summed E-state index contributed by atoms with van der Waals surface area (Å²) in [5.41, 5.74) is -0.580. The molecule has 1 heterocycles. The molecular weight excluding hydrogens is 224 g/mol. The Labute approximate surface area is 97.8 Å². The average Bonchev–Trinajstić information content (AvgIpc) is 2.29. The number of carbonyl (C=O) groups is 1. The van der Waals surface area contributed by atoms with Gasteiger partial charge in [0.1, 0.15) is 18.1 Å². The van der Waals surface area contributed by atoms with E-state index in [1.54, 1.807) is 19.9 Å². The van der Waals surface area contributed by atoms with Crippen molar-refractivity contribution in [3.8, 4) is 5.75 Å². The molecule has 17 heavy (non-hydrogen) atoms. The Hall–Kier alpha value is -1.98. The molecule has 0 bridgehead atoms. The summed E-state index contributed by atoms with van der Waals surface area (Å²) in [6, 6.07) is 3.06. The molecule has 0 aromatic carbocycles. The van der Waals surface area contributed by atoms with Crippen LogP contribution in [-0.2, 0) is 4.79 Å². The Balaban J connectivity index is 2.20. The lowest BCUT2D eigenvalue weighted by Crippen LogP contribution is -2.53. The fourth-order valence-corrected chi connectivity index (χ4v) is 1.69. The van der Waals surface area contributed by atoms with E-state index in [9.17, 15) is 14.9 Å². The number of carbonyl (C=O) groups excluding carboxylic acids is 1. The van der Waals surface area contributed by atoms with Crippen molar-refractivity contribution >= 4 is 11.6 Å². The van der Waals surface area contributed by atoms with Gasteiger partial charge in [-0.05, 0) is 35.9 Å². The van der Waals surface area contributed by atoms with E-state index in [2.05, 4.69) is 4.98 Å². The number of nitrogens with zero attached hydrogens (tertiary/aromatic N) is 2. The first-order valence-electron chi connectivity index (χ1n) is 5.22. The summed E-state index contributed by atoms with van der Waals surface area (Å²) < 4.78 is 5.50. The van der Waals surface area contributed by atoms with Crippen LogP contribution in [0.5, 0.6) is 5.75 Å². The van der Waals surface area contributed by atoms with Crippen LogP contribution >= 0.6 is 0 Å². The van der Waals surface area contributed by atoms with Crippen LogP contribution in [0.2, 0.25) is 0 Å². The van der Waals surface area contributed by atoms with Crippen molar-refractivity contribution < 1.29 is 14.5 Å². The number of rotatable bonds is 3. The van der Waals surface area contributed by atoms with Gasteiger partial charge in [-0.3, -0.25) is 4.79 Å². The molecule has 0 amide bonds. The summed E-state index contributed by atoms with van der Waals surface area (Å²) in [4.78, 5) is 25.1. The number of nitro groups is 1. The first kappa shape index (κ1) is 11.5. The highest BCUT2D eigenvalue weighted by atomic mass is 16.6. The highest BCUT2D eigenvalue weighted by Crippen LogP contribution is 2.40. The highest BCUT2D eigenvalue weighted by molar-refractivity contribution is 5.91. The van der Waals surface area contributed by atoms with Crippen LogP contribution in [0.25, 0.3) is 0 Å². The molecule has 2 rings (SSSR count). The van der Waals surface area contributed by atoms with E-state index in [4.69, 9.17) is 4.74 Å². The van der Waals surface area contributed by atoms with Gasteiger partial charge < -0.3 is 14.9 Å². The third-order valence-corrected chi connectivity index (χ3v) is 3.09. The van der Waals surface area contributed by atoms with E-state index in [0.29, 0.717) is 6.42 Å². The largest absolute Gasteiger partial charge is 0.481 e. The Kier molecular flexibility index (Phi) is 2.57. The quantitative estimate of drug-likeness (QED) is 0.589. The third kappa shape index (κ3) is 1.86. The van der Waals surface area contributed by atoms with Crippen molar-refractivity contribution in [3.05, 3.63) is 28.4 Å². The number of hydrogen-bond acceptors (Lipinski definition) is 5. The maximum Gasteiger partial charge on any atom is 0.406 e. The number of ketones is 1. The number of ether oxygens (including phenoxy) is 1. The fraction of sp³-hybridized carbons (Fsp3) is 0.455. The molecule has 90 valence electrons. The maximum absolute atomic E-state index is 11.3. The molecule has 1 fully saturated rings. The summed E-state index contributed by atoms with van der Waals surface area (Å²) in [7, 11) is 0. The molecule has 0 radical (unpaired) electrons. The molecule has 1 aliphatic carbocycles. The topological polar surface area (TPSA) is 82.3 Å². The van der Waals surface area contributed by atoms with Gasteiger partial charge in [-0.2, -0.15) is 0 Å². The molecule has 6 heteroatoms. The second kappa shape index (κ2) is 3.80. The Morgan fingerprint density at radius 1 is 1.59 bits per heavy atom. The summed E-state index contributed by atoms with van der Waals surface area (Å²) in [6.07, 6.45) is 1.30. The van der Waals surface area contributed by atoms with Gasteiger partial charge in [-0.1, -0.05) is 0 Å². The predicted molar refractivity (Wildman–Crippen MR) is 58.7 cm³/mol. The van der Waals surface area contributed by atoms with Crippen LogP contribution in [0.1, 0.15) is 20.3 Å². The van der Waals surface area contributed by atoms with Gasteiger partial charge in [-0.15, -0.1) is 0 Å². The predicted octanol–water partition coefficient (Wildman–Crippen LogP) is 1.74. The van der Waals surface area contributed by atoms with Gasteiger partial charge in [-0.25, -0.2) is 0 Å². The van der Waals surface area contributed by atoms with Crippen molar-refractivity contribution in [3.63, 3.8) is 0 Å². The zero-order valence-electron chi connectivity index (χ0n) is 9.54. The average molecular weight is 236 g/mol. The van der Waals surface area contributed by atoms with Crippen LogP contribution in [0.15, 0.2) is 18.3 Å². The van der Waals surface area contributed by atoms with E-state index in [1.165, 1.54) is 12.3 Å². The lowest BCUT2D eigenvalue weighted by atomic mass is 9.68. The van der Waals surface area contributed by atoms with Gasteiger partial charge in [0, 0.05) is 6.42 Å². The molecule has 0 N–H and O–H groups in total. The standard InChI is InChI=1S/C11H12N2O4/c1-11(2)8(14)6-9(11)17-7-4-3-5-12-10(7)13(15)16/h3-5,9H,6H2,1-2H3. The van der Waals surface area contributed by atoms with Gasteiger partial charge in [0.15, 0.2) is 0 Å². The maximum atomic E-state index is 11.3. The molecule has 1 aromatic heterocycles. The molecule has 0 spiro atoms. The van der Waals surface area contributed by atoms with Crippen molar-refractivity contribution in [2.24, 2.45) is 5.41 Å². The third-order valence-electron chi connectivity index (χ3n) is 3.09. The Morgan fingerprint density at radius 3 is 2.82 bits per heavy atom. The molecule has 0 aliphatic heterocycles. The van der Waals surface area contributed by atoms with Gasteiger partial charge in [0.05, 0.1) is 5.41 Å². The van der Waals surface area contributed by atoms with E-state index in [1.807, 2.05) is 0 Å². The van der Waals surface area contributed by atoms with E-state index in [-0.39, 0.29) is 23.5 Å². The van der Waals surface area contributed by atoms with Crippen LogP contribution in [0.4, 0.5) is 5.82 Å². The van der Waals surface area contributed by atoms with Crippen LogP contribution in [0.3, 0.4) is 0 Å². The molecule has 1 aromatic rings. The minimum absolute atomic E-state index is 0.106. The van der Waals surface area contributed by atoms with Gasteiger partial charge in [0.25, 0.3) is 0 Å². The summed E-state index contributed by atoms with van der Waals surface area (Å²) in [5, 5.41) is 10.7. The van der Waals surface area contributed by atoms with Gasteiger partial charge >= 0.3 is 5.82 Å². The summed E-state index contributed by atoms with van der Waals surface area (Å²) >= 11 is 0. The molecule has 0 saturated heterocycles. The molecular formula is C11H12N2O4.